The smallest absolute Gasteiger partial charge is 0.0945 e. The van der Waals surface area contributed by atoms with Crippen molar-refractivity contribution in [2.75, 3.05) is 6.61 Å². The zero-order valence-electron chi connectivity index (χ0n) is 7.49. The molecule has 0 fully saturated rings. The molecule has 1 heterocycles. The van der Waals surface area contributed by atoms with E-state index in [4.69, 9.17) is 10.8 Å². The highest BCUT2D eigenvalue weighted by Crippen LogP contribution is 2.08. The molecule has 0 aliphatic carbocycles. The molecule has 12 heavy (non-hydrogen) atoms. The number of nitrogens with zero attached hydrogens (tertiary/aromatic N) is 2. The second-order valence-corrected chi connectivity index (χ2v) is 3.48. The highest BCUT2D eigenvalue weighted by molar-refractivity contribution is 5.03. The van der Waals surface area contributed by atoms with Crippen LogP contribution in [0.5, 0.6) is 0 Å². The summed E-state index contributed by atoms with van der Waals surface area (Å²) in [6.07, 6.45) is 4.13. The molecule has 0 saturated carbocycles. The minimum absolute atomic E-state index is 0.0157. The second-order valence-electron chi connectivity index (χ2n) is 3.48. The van der Waals surface area contributed by atoms with Crippen LogP contribution in [0.25, 0.3) is 0 Å². The van der Waals surface area contributed by atoms with Crippen LogP contribution < -0.4 is 5.73 Å². The Morgan fingerprint density at radius 3 is 2.83 bits per heavy atom. The molecular formula is C8H15N3O. The average Bonchev–Trinajstić information content (AvgIpc) is 2.36. The number of hydrogen-bond donors (Lipinski definition) is 2. The van der Waals surface area contributed by atoms with Crippen molar-refractivity contribution in [1.82, 2.24) is 9.55 Å². The standard InChI is InChI=1S/C8H15N3O/c1-8(9,5-12)3-7-4-10-6-11(7)2/h4,6,12H,3,5,9H2,1-2H3. The van der Waals surface area contributed by atoms with E-state index in [2.05, 4.69) is 4.98 Å². The van der Waals surface area contributed by atoms with E-state index < -0.39 is 5.54 Å². The maximum atomic E-state index is 8.93. The number of nitrogens with two attached hydrogens (primary N) is 1. The van der Waals surface area contributed by atoms with Crippen LogP contribution in [-0.2, 0) is 13.5 Å². The lowest BCUT2D eigenvalue weighted by atomic mass is 9.99. The van der Waals surface area contributed by atoms with Gasteiger partial charge in [0.05, 0.1) is 12.9 Å². The van der Waals surface area contributed by atoms with Crippen molar-refractivity contribution in [2.45, 2.75) is 18.9 Å². The zero-order valence-corrected chi connectivity index (χ0v) is 7.49. The largest absolute Gasteiger partial charge is 0.394 e. The van der Waals surface area contributed by atoms with E-state index in [1.54, 1.807) is 12.5 Å². The molecule has 4 nitrogen and oxygen atoms in total. The molecule has 1 rings (SSSR count). The molecule has 1 aromatic rings. The summed E-state index contributed by atoms with van der Waals surface area (Å²) in [7, 11) is 1.91. The summed E-state index contributed by atoms with van der Waals surface area (Å²) in [5.74, 6) is 0. The van der Waals surface area contributed by atoms with E-state index in [9.17, 15) is 0 Å². The maximum Gasteiger partial charge on any atom is 0.0945 e. The fourth-order valence-electron chi connectivity index (χ4n) is 1.02. The SMILES string of the molecule is Cn1cncc1CC(C)(N)CO. The normalized spacial score (nSPS) is 16.0. The van der Waals surface area contributed by atoms with Gasteiger partial charge < -0.3 is 15.4 Å². The molecular weight excluding hydrogens is 154 g/mol. The van der Waals surface area contributed by atoms with Gasteiger partial charge in [0.25, 0.3) is 0 Å². The van der Waals surface area contributed by atoms with Crippen LogP contribution in [0, 0.1) is 0 Å². The number of hydrogen-bond acceptors (Lipinski definition) is 3. The Labute approximate surface area is 72.0 Å². The van der Waals surface area contributed by atoms with Gasteiger partial charge in [-0.1, -0.05) is 0 Å². The Kier molecular flexibility index (Phi) is 2.49. The van der Waals surface area contributed by atoms with Gasteiger partial charge in [-0.15, -0.1) is 0 Å². The second kappa shape index (κ2) is 3.25. The summed E-state index contributed by atoms with van der Waals surface area (Å²) in [6.45, 7) is 1.80. The van der Waals surface area contributed by atoms with Crippen LogP contribution in [0.4, 0.5) is 0 Å². The van der Waals surface area contributed by atoms with Crippen LogP contribution in [-0.4, -0.2) is 26.8 Å². The number of aliphatic hydroxyl groups excluding tert-OH is 1. The molecule has 1 aromatic heterocycles. The number of rotatable bonds is 3. The molecule has 0 aromatic carbocycles. The zero-order chi connectivity index (χ0) is 9.19. The molecule has 4 heteroatoms. The third-order valence-corrected chi connectivity index (χ3v) is 1.86. The van der Waals surface area contributed by atoms with E-state index in [1.165, 1.54) is 0 Å². The third-order valence-electron chi connectivity index (χ3n) is 1.86. The van der Waals surface area contributed by atoms with E-state index in [0.29, 0.717) is 6.42 Å². The van der Waals surface area contributed by atoms with Crippen LogP contribution in [0.2, 0.25) is 0 Å². The third kappa shape index (κ3) is 2.06. The van der Waals surface area contributed by atoms with Gasteiger partial charge in [0.2, 0.25) is 0 Å². The van der Waals surface area contributed by atoms with Gasteiger partial charge in [0.15, 0.2) is 0 Å². The molecule has 0 saturated heterocycles. The summed E-state index contributed by atoms with van der Waals surface area (Å²) in [6, 6.07) is 0. The molecule has 0 spiro atoms. The molecule has 0 bridgehead atoms. The first-order valence-corrected chi connectivity index (χ1v) is 3.90. The van der Waals surface area contributed by atoms with Crippen LogP contribution in [0.1, 0.15) is 12.6 Å². The fourth-order valence-corrected chi connectivity index (χ4v) is 1.02. The summed E-state index contributed by atoms with van der Waals surface area (Å²) in [5, 5.41) is 8.93. The topological polar surface area (TPSA) is 64.1 Å². The van der Waals surface area contributed by atoms with Gasteiger partial charge in [-0.2, -0.15) is 0 Å². The minimum Gasteiger partial charge on any atom is -0.394 e. The fraction of sp³-hybridized carbons (Fsp3) is 0.625. The maximum absolute atomic E-state index is 8.93. The van der Waals surface area contributed by atoms with Gasteiger partial charge in [-0.3, -0.25) is 0 Å². The molecule has 0 amide bonds. The predicted octanol–water partition coefficient (Wildman–Crippen LogP) is -0.328. The molecule has 0 aliphatic heterocycles. The van der Waals surface area contributed by atoms with Crippen molar-refractivity contribution >= 4 is 0 Å². The first-order chi connectivity index (χ1) is 5.55. The Morgan fingerprint density at radius 2 is 2.42 bits per heavy atom. The lowest BCUT2D eigenvalue weighted by Gasteiger charge is -2.21. The molecule has 1 unspecified atom stereocenters. The van der Waals surface area contributed by atoms with E-state index in [1.807, 2.05) is 18.5 Å². The summed E-state index contributed by atoms with van der Waals surface area (Å²) >= 11 is 0. The van der Waals surface area contributed by atoms with Crippen molar-refractivity contribution < 1.29 is 5.11 Å². The first-order valence-electron chi connectivity index (χ1n) is 3.90. The van der Waals surface area contributed by atoms with Gasteiger partial charge in [-0.25, -0.2) is 4.98 Å². The van der Waals surface area contributed by atoms with Crippen LogP contribution in [0.3, 0.4) is 0 Å². The van der Waals surface area contributed by atoms with E-state index in [-0.39, 0.29) is 6.61 Å². The monoisotopic (exact) mass is 169 g/mol. The van der Waals surface area contributed by atoms with Gasteiger partial charge in [0.1, 0.15) is 0 Å². The summed E-state index contributed by atoms with van der Waals surface area (Å²) in [4.78, 5) is 3.97. The van der Waals surface area contributed by atoms with Gasteiger partial charge in [0, 0.05) is 30.9 Å². The van der Waals surface area contributed by atoms with Crippen molar-refractivity contribution in [1.29, 1.82) is 0 Å². The van der Waals surface area contributed by atoms with Crippen molar-refractivity contribution in [3.63, 3.8) is 0 Å². The van der Waals surface area contributed by atoms with Crippen molar-refractivity contribution in [3.05, 3.63) is 18.2 Å². The highest BCUT2D eigenvalue weighted by atomic mass is 16.3. The quantitative estimate of drug-likeness (QED) is 0.651. The molecule has 3 N–H and O–H groups in total. The van der Waals surface area contributed by atoms with Crippen LogP contribution >= 0.6 is 0 Å². The van der Waals surface area contributed by atoms with Gasteiger partial charge >= 0.3 is 0 Å². The molecule has 0 aliphatic rings. The number of aryl methyl sites for hydroxylation is 1. The van der Waals surface area contributed by atoms with Crippen LogP contribution in [0.15, 0.2) is 12.5 Å². The number of aromatic nitrogens is 2. The lowest BCUT2D eigenvalue weighted by molar-refractivity contribution is 0.206. The average molecular weight is 169 g/mol. The first kappa shape index (κ1) is 9.22. The summed E-state index contributed by atoms with van der Waals surface area (Å²) < 4.78 is 1.90. The van der Waals surface area contributed by atoms with E-state index in [0.717, 1.165) is 5.69 Å². The van der Waals surface area contributed by atoms with E-state index >= 15 is 0 Å². The number of aliphatic hydroxyl groups is 1. The Balaban J connectivity index is 2.70. The lowest BCUT2D eigenvalue weighted by Crippen LogP contribution is -2.42. The Bertz CT molecular complexity index is 255. The molecule has 1 atom stereocenters. The number of imidazole rings is 1. The predicted molar refractivity (Wildman–Crippen MR) is 46.6 cm³/mol. The molecule has 68 valence electrons. The summed E-state index contributed by atoms with van der Waals surface area (Å²) in [5.41, 5.74) is 6.27. The molecule has 0 radical (unpaired) electrons. The highest BCUT2D eigenvalue weighted by Gasteiger charge is 2.18. The Morgan fingerprint density at radius 1 is 1.75 bits per heavy atom. The van der Waals surface area contributed by atoms with Crippen molar-refractivity contribution in [3.8, 4) is 0 Å². The Hall–Kier alpha value is -0.870. The van der Waals surface area contributed by atoms with Gasteiger partial charge in [-0.05, 0) is 6.92 Å². The minimum atomic E-state index is -0.548. The van der Waals surface area contributed by atoms with Crippen molar-refractivity contribution in [2.24, 2.45) is 12.8 Å².